The number of rotatable bonds is 4. The first-order chi connectivity index (χ1) is 9.54. The van der Waals surface area contributed by atoms with Crippen molar-refractivity contribution >= 4 is 39.9 Å². The largest absolute Gasteiger partial charge is 0.484 e. The van der Waals surface area contributed by atoms with Crippen LogP contribution in [0.4, 0.5) is 15.8 Å². The molecule has 0 fully saturated rings. The molecule has 6 heteroatoms. The van der Waals surface area contributed by atoms with Crippen LogP contribution in [0, 0.1) is 9.39 Å². The van der Waals surface area contributed by atoms with Crippen molar-refractivity contribution in [2.75, 3.05) is 17.7 Å². The Morgan fingerprint density at radius 2 is 2.10 bits per heavy atom. The maximum Gasteiger partial charge on any atom is 0.262 e. The van der Waals surface area contributed by atoms with Crippen molar-refractivity contribution in [3.63, 3.8) is 0 Å². The van der Waals surface area contributed by atoms with Gasteiger partial charge in [-0.3, -0.25) is 4.79 Å². The Bertz CT molecular complexity index is 634. The quantitative estimate of drug-likeness (QED) is 0.627. The topological polar surface area (TPSA) is 64.3 Å². The van der Waals surface area contributed by atoms with E-state index in [9.17, 15) is 9.18 Å². The van der Waals surface area contributed by atoms with E-state index in [-0.39, 0.29) is 18.3 Å². The highest BCUT2D eigenvalue weighted by atomic mass is 127. The van der Waals surface area contributed by atoms with Crippen LogP contribution in [0.2, 0.25) is 0 Å². The standard InChI is InChI=1S/C14H12FIN2O2/c15-9-4-5-13(12(16)6-9)18-14(19)8-20-11-3-1-2-10(17)7-11/h1-7H,8,17H2,(H,18,19). The van der Waals surface area contributed by atoms with Gasteiger partial charge >= 0.3 is 0 Å². The molecule has 0 spiro atoms. The molecule has 2 aromatic rings. The summed E-state index contributed by atoms with van der Waals surface area (Å²) >= 11 is 1.95. The van der Waals surface area contributed by atoms with E-state index >= 15 is 0 Å². The van der Waals surface area contributed by atoms with Crippen LogP contribution < -0.4 is 15.8 Å². The zero-order valence-corrected chi connectivity index (χ0v) is 12.6. The number of benzene rings is 2. The summed E-state index contributed by atoms with van der Waals surface area (Å²) in [5, 5.41) is 2.65. The van der Waals surface area contributed by atoms with Gasteiger partial charge in [-0.15, -0.1) is 0 Å². The minimum absolute atomic E-state index is 0.142. The lowest BCUT2D eigenvalue weighted by atomic mass is 10.3. The number of hydrogen-bond acceptors (Lipinski definition) is 3. The molecule has 0 saturated carbocycles. The van der Waals surface area contributed by atoms with Crippen molar-refractivity contribution in [2.24, 2.45) is 0 Å². The van der Waals surface area contributed by atoms with Crippen LogP contribution in [0.3, 0.4) is 0 Å². The summed E-state index contributed by atoms with van der Waals surface area (Å²) in [6.45, 7) is -0.142. The van der Waals surface area contributed by atoms with E-state index in [0.29, 0.717) is 20.7 Å². The predicted molar refractivity (Wildman–Crippen MR) is 84.1 cm³/mol. The molecule has 104 valence electrons. The fraction of sp³-hybridized carbons (Fsp3) is 0.0714. The Labute approximate surface area is 129 Å². The zero-order chi connectivity index (χ0) is 14.5. The molecular formula is C14H12FIN2O2. The molecule has 1 amide bonds. The smallest absolute Gasteiger partial charge is 0.262 e. The average Bonchev–Trinajstić information content (AvgIpc) is 2.40. The number of carbonyl (C=O) groups is 1. The highest BCUT2D eigenvalue weighted by molar-refractivity contribution is 14.1. The molecule has 0 saturated heterocycles. The molecule has 0 bridgehead atoms. The molecule has 4 nitrogen and oxygen atoms in total. The van der Waals surface area contributed by atoms with E-state index < -0.39 is 0 Å². The molecule has 0 aliphatic heterocycles. The summed E-state index contributed by atoms with van der Waals surface area (Å²) < 4.78 is 18.9. The summed E-state index contributed by atoms with van der Waals surface area (Å²) in [5.41, 5.74) is 6.72. The van der Waals surface area contributed by atoms with Crippen molar-refractivity contribution in [2.45, 2.75) is 0 Å². The van der Waals surface area contributed by atoms with Crippen molar-refractivity contribution in [3.05, 3.63) is 51.9 Å². The lowest BCUT2D eigenvalue weighted by Gasteiger charge is -2.09. The fourth-order valence-corrected chi connectivity index (χ4v) is 2.14. The number of carbonyl (C=O) groups excluding carboxylic acids is 1. The zero-order valence-electron chi connectivity index (χ0n) is 10.4. The maximum absolute atomic E-state index is 12.9. The summed E-state index contributed by atoms with van der Waals surface area (Å²) in [6.07, 6.45) is 0. The summed E-state index contributed by atoms with van der Waals surface area (Å²) in [4.78, 5) is 11.7. The van der Waals surface area contributed by atoms with E-state index in [1.807, 2.05) is 22.6 Å². The number of halogens is 2. The van der Waals surface area contributed by atoms with Crippen LogP contribution in [0.1, 0.15) is 0 Å². The summed E-state index contributed by atoms with van der Waals surface area (Å²) in [6, 6.07) is 11.0. The highest BCUT2D eigenvalue weighted by Gasteiger charge is 2.07. The van der Waals surface area contributed by atoms with Gasteiger partial charge in [0, 0.05) is 15.3 Å². The molecule has 0 aromatic heterocycles. The molecule has 3 N–H and O–H groups in total. The Morgan fingerprint density at radius 1 is 1.30 bits per heavy atom. The molecule has 0 unspecified atom stereocenters. The van der Waals surface area contributed by atoms with Gasteiger partial charge in [-0.25, -0.2) is 4.39 Å². The number of nitrogen functional groups attached to an aromatic ring is 1. The van der Waals surface area contributed by atoms with Crippen molar-refractivity contribution in [1.82, 2.24) is 0 Å². The Hall–Kier alpha value is -1.83. The molecule has 20 heavy (non-hydrogen) atoms. The lowest BCUT2D eigenvalue weighted by molar-refractivity contribution is -0.118. The van der Waals surface area contributed by atoms with E-state index in [4.69, 9.17) is 10.5 Å². The van der Waals surface area contributed by atoms with E-state index in [2.05, 4.69) is 5.32 Å². The van der Waals surface area contributed by atoms with Gasteiger partial charge in [-0.05, 0) is 52.9 Å². The number of hydrogen-bond donors (Lipinski definition) is 2. The minimum Gasteiger partial charge on any atom is -0.484 e. The first kappa shape index (κ1) is 14.6. The van der Waals surface area contributed by atoms with Crippen LogP contribution in [0.15, 0.2) is 42.5 Å². The van der Waals surface area contributed by atoms with E-state index in [1.165, 1.54) is 18.2 Å². The predicted octanol–water partition coefficient (Wildman–Crippen LogP) is 3.03. The van der Waals surface area contributed by atoms with Gasteiger partial charge in [0.25, 0.3) is 5.91 Å². The van der Waals surface area contributed by atoms with Gasteiger partial charge in [-0.2, -0.15) is 0 Å². The SMILES string of the molecule is Nc1cccc(OCC(=O)Nc2ccc(F)cc2I)c1. The minimum atomic E-state index is -0.344. The average molecular weight is 386 g/mol. The third-order valence-corrected chi connectivity index (χ3v) is 3.33. The number of nitrogens with one attached hydrogen (secondary N) is 1. The number of anilines is 2. The number of ether oxygens (including phenoxy) is 1. The van der Waals surface area contributed by atoms with E-state index in [1.54, 1.807) is 24.3 Å². The van der Waals surface area contributed by atoms with Crippen molar-refractivity contribution in [1.29, 1.82) is 0 Å². The molecule has 0 atom stereocenters. The molecule has 0 heterocycles. The monoisotopic (exact) mass is 386 g/mol. The summed E-state index contributed by atoms with van der Waals surface area (Å²) in [7, 11) is 0. The molecular weight excluding hydrogens is 374 g/mol. The Balaban J connectivity index is 1.92. The second-order valence-electron chi connectivity index (χ2n) is 4.03. The molecule has 2 rings (SSSR count). The third-order valence-electron chi connectivity index (χ3n) is 2.43. The second-order valence-corrected chi connectivity index (χ2v) is 5.20. The Kier molecular flexibility index (Phi) is 4.78. The first-order valence-electron chi connectivity index (χ1n) is 5.78. The lowest BCUT2D eigenvalue weighted by Crippen LogP contribution is -2.20. The second kappa shape index (κ2) is 6.56. The fourth-order valence-electron chi connectivity index (χ4n) is 1.53. The third kappa shape index (κ3) is 4.09. The van der Waals surface area contributed by atoms with Crippen molar-refractivity contribution < 1.29 is 13.9 Å². The van der Waals surface area contributed by atoms with Gasteiger partial charge in [-0.1, -0.05) is 6.07 Å². The van der Waals surface area contributed by atoms with Gasteiger partial charge in [0.2, 0.25) is 0 Å². The first-order valence-corrected chi connectivity index (χ1v) is 6.86. The molecule has 0 aliphatic rings. The number of nitrogens with two attached hydrogens (primary N) is 1. The van der Waals surface area contributed by atoms with Gasteiger partial charge in [0.15, 0.2) is 6.61 Å². The summed E-state index contributed by atoms with van der Waals surface area (Å²) in [5.74, 6) is -0.144. The van der Waals surface area contributed by atoms with Crippen LogP contribution in [-0.2, 0) is 4.79 Å². The van der Waals surface area contributed by atoms with E-state index in [0.717, 1.165) is 0 Å². The molecule has 0 aliphatic carbocycles. The highest BCUT2D eigenvalue weighted by Crippen LogP contribution is 2.19. The van der Waals surface area contributed by atoms with Gasteiger partial charge in [0.05, 0.1) is 5.69 Å². The van der Waals surface area contributed by atoms with Crippen LogP contribution in [0.5, 0.6) is 5.75 Å². The Morgan fingerprint density at radius 3 is 2.80 bits per heavy atom. The van der Waals surface area contributed by atoms with Crippen LogP contribution >= 0.6 is 22.6 Å². The van der Waals surface area contributed by atoms with Gasteiger partial charge < -0.3 is 15.8 Å². The van der Waals surface area contributed by atoms with Gasteiger partial charge in [0.1, 0.15) is 11.6 Å². The van der Waals surface area contributed by atoms with Crippen LogP contribution in [0.25, 0.3) is 0 Å². The van der Waals surface area contributed by atoms with Crippen molar-refractivity contribution in [3.8, 4) is 5.75 Å². The normalized spacial score (nSPS) is 10.1. The van der Waals surface area contributed by atoms with Crippen LogP contribution in [-0.4, -0.2) is 12.5 Å². The number of amides is 1. The maximum atomic E-state index is 12.9. The molecule has 2 aromatic carbocycles. The molecule has 0 radical (unpaired) electrons.